The van der Waals surface area contributed by atoms with E-state index >= 15 is 0 Å². The number of benzene rings is 1. The Morgan fingerprint density at radius 3 is 3.11 bits per heavy atom. The maximum absolute atomic E-state index is 5.88. The second-order valence-corrected chi connectivity index (χ2v) is 5.00. The summed E-state index contributed by atoms with van der Waals surface area (Å²) in [5.74, 6) is 1.42. The molecule has 5 heteroatoms. The number of rotatable bonds is 2. The van der Waals surface area contributed by atoms with E-state index in [9.17, 15) is 0 Å². The van der Waals surface area contributed by atoms with Crippen LogP contribution < -0.4 is 4.90 Å². The van der Waals surface area contributed by atoms with Crippen LogP contribution in [-0.4, -0.2) is 41.1 Å². The summed E-state index contributed by atoms with van der Waals surface area (Å²) in [7, 11) is 0. The van der Waals surface area contributed by atoms with Gasteiger partial charge in [-0.15, -0.1) is 11.6 Å². The molecular formula is C13H16ClN3O. The summed E-state index contributed by atoms with van der Waals surface area (Å²) in [4.78, 5) is 10.2. The van der Waals surface area contributed by atoms with Crippen LogP contribution >= 0.6 is 11.6 Å². The Labute approximate surface area is 111 Å². The second kappa shape index (κ2) is 4.78. The fraction of sp³-hybridized carbons (Fsp3) is 0.462. The molecule has 2 aromatic rings. The molecule has 0 saturated carbocycles. The number of morpholine rings is 1. The molecule has 2 heterocycles. The van der Waals surface area contributed by atoms with Gasteiger partial charge in [-0.3, -0.25) is 0 Å². The summed E-state index contributed by atoms with van der Waals surface area (Å²) in [6, 6.07) is 8.37. The molecule has 1 N–H and O–H groups in total. The van der Waals surface area contributed by atoms with Gasteiger partial charge in [0, 0.05) is 6.54 Å². The average Bonchev–Trinajstić information content (AvgIpc) is 2.82. The molecule has 0 aliphatic carbocycles. The molecule has 1 aromatic carbocycles. The largest absolute Gasteiger partial charge is 0.373 e. The van der Waals surface area contributed by atoms with Crippen LogP contribution in [0.3, 0.4) is 0 Å². The van der Waals surface area contributed by atoms with Crippen LogP contribution in [0.25, 0.3) is 11.0 Å². The Kier molecular flexibility index (Phi) is 3.14. The molecule has 3 rings (SSSR count). The van der Waals surface area contributed by atoms with Crippen molar-refractivity contribution in [1.82, 2.24) is 9.97 Å². The monoisotopic (exact) mass is 265 g/mol. The number of alkyl halides is 1. The summed E-state index contributed by atoms with van der Waals surface area (Å²) in [5.41, 5.74) is 2.06. The topological polar surface area (TPSA) is 41.1 Å². The molecule has 1 fully saturated rings. The zero-order valence-corrected chi connectivity index (χ0v) is 11.0. The number of fused-ring (bicyclic) bond motifs is 1. The Morgan fingerprint density at radius 2 is 2.33 bits per heavy atom. The number of anilines is 1. The van der Waals surface area contributed by atoms with E-state index in [0.29, 0.717) is 18.5 Å². The standard InChI is InChI=1S/C13H16ClN3O/c1-9-8-18-10(6-14)7-17(9)13-15-11-4-2-3-5-12(11)16-13/h2-5,9-10H,6-8H2,1H3,(H,15,16). The molecule has 1 saturated heterocycles. The Morgan fingerprint density at radius 1 is 1.50 bits per heavy atom. The van der Waals surface area contributed by atoms with Crippen LogP contribution in [0, 0.1) is 0 Å². The number of aromatic nitrogens is 2. The second-order valence-electron chi connectivity index (χ2n) is 4.69. The van der Waals surface area contributed by atoms with E-state index in [1.165, 1.54) is 0 Å². The Balaban J connectivity index is 1.92. The number of nitrogens with zero attached hydrogens (tertiary/aromatic N) is 2. The van der Waals surface area contributed by atoms with Gasteiger partial charge < -0.3 is 14.6 Å². The van der Waals surface area contributed by atoms with Gasteiger partial charge in [-0.2, -0.15) is 0 Å². The van der Waals surface area contributed by atoms with E-state index in [0.717, 1.165) is 23.5 Å². The predicted molar refractivity (Wildman–Crippen MR) is 73.4 cm³/mol. The van der Waals surface area contributed by atoms with E-state index in [1.54, 1.807) is 0 Å². The van der Waals surface area contributed by atoms with Gasteiger partial charge in [0.2, 0.25) is 5.95 Å². The lowest BCUT2D eigenvalue weighted by atomic mass is 10.2. The number of aromatic amines is 1. The van der Waals surface area contributed by atoms with E-state index in [2.05, 4.69) is 21.8 Å². The first-order valence-corrected chi connectivity index (χ1v) is 6.70. The van der Waals surface area contributed by atoms with Crippen molar-refractivity contribution in [2.75, 3.05) is 23.9 Å². The number of nitrogens with one attached hydrogen (secondary N) is 1. The van der Waals surface area contributed by atoms with Gasteiger partial charge in [0.15, 0.2) is 0 Å². The number of halogens is 1. The molecule has 96 valence electrons. The lowest BCUT2D eigenvalue weighted by Crippen LogP contribution is -2.49. The first kappa shape index (κ1) is 11.8. The zero-order valence-electron chi connectivity index (χ0n) is 10.3. The molecular weight excluding hydrogens is 250 g/mol. The molecule has 0 spiro atoms. The number of hydrogen-bond acceptors (Lipinski definition) is 3. The van der Waals surface area contributed by atoms with E-state index in [4.69, 9.17) is 16.3 Å². The summed E-state index contributed by atoms with van der Waals surface area (Å²) in [5, 5.41) is 0. The van der Waals surface area contributed by atoms with Crippen molar-refractivity contribution < 1.29 is 4.74 Å². The zero-order chi connectivity index (χ0) is 12.5. The minimum absolute atomic E-state index is 0.0797. The summed E-state index contributed by atoms with van der Waals surface area (Å²) in [6.07, 6.45) is 0.0797. The first-order chi connectivity index (χ1) is 8.78. The summed E-state index contributed by atoms with van der Waals surface area (Å²) in [6.45, 7) is 3.61. The molecule has 18 heavy (non-hydrogen) atoms. The Bertz CT molecular complexity index is 509. The molecule has 0 amide bonds. The van der Waals surface area contributed by atoms with Gasteiger partial charge in [-0.1, -0.05) is 12.1 Å². The van der Waals surface area contributed by atoms with Gasteiger partial charge in [-0.05, 0) is 19.1 Å². The number of hydrogen-bond donors (Lipinski definition) is 1. The van der Waals surface area contributed by atoms with Crippen molar-refractivity contribution in [2.45, 2.75) is 19.1 Å². The molecule has 0 radical (unpaired) electrons. The van der Waals surface area contributed by atoms with Crippen LogP contribution in [0.15, 0.2) is 24.3 Å². The number of ether oxygens (including phenoxy) is 1. The van der Waals surface area contributed by atoms with Crippen LogP contribution in [0.1, 0.15) is 6.92 Å². The highest BCUT2D eigenvalue weighted by atomic mass is 35.5. The maximum atomic E-state index is 5.88. The maximum Gasteiger partial charge on any atom is 0.204 e. The Hall–Kier alpha value is -1.26. The van der Waals surface area contributed by atoms with Crippen molar-refractivity contribution in [3.63, 3.8) is 0 Å². The number of imidazole rings is 1. The normalized spacial score (nSPS) is 24.7. The van der Waals surface area contributed by atoms with E-state index in [1.807, 2.05) is 24.3 Å². The predicted octanol–water partition coefficient (Wildman–Crippen LogP) is 2.40. The van der Waals surface area contributed by atoms with E-state index < -0.39 is 0 Å². The average molecular weight is 266 g/mol. The molecule has 1 aromatic heterocycles. The highest BCUT2D eigenvalue weighted by molar-refractivity contribution is 6.18. The first-order valence-electron chi connectivity index (χ1n) is 6.17. The van der Waals surface area contributed by atoms with Gasteiger partial charge in [0.1, 0.15) is 0 Å². The minimum Gasteiger partial charge on any atom is -0.373 e. The van der Waals surface area contributed by atoms with Crippen LogP contribution in [0.4, 0.5) is 5.95 Å². The lowest BCUT2D eigenvalue weighted by molar-refractivity contribution is 0.0358. The third kappa shape index (κ3) is 2.06. The molecule has 2 unspecified atom stereocenters. The highest BCUT2D eigenvalue weighted by Gasteiger charge is 2.27. The summed E-state index contributed by atoms with van der Waals surface area (Å²) < 4.78 is 5.65. The smallest absolute Gasteiger partial charge is 0.204 e. The van der Waals surface area contributed by atoms with E-state index in [-0.39, 0.29) is 6.10 Å². The summed E-state index contributed by atoms with van der Waals surface area (Å²) >= 11 is 5.88. The SMILES string of the molecule is CC1COC(CCl)CN1c1nc2ccccc2[nH]1. The van der Waals surface area contributed by atoms with Gasteiger partial charge in [-0.25, -0.2) is 4.98 Å². The minimum atomic E-state index is 0.0797. The van der Waals surface area contributed by atoms with Crippen molar-refractivity contribution >= 4 is 28.6 Å². The molecule has 1 aliphatic rings. The van der Waals surface area contributed by atoms with Crippen molar-refractivity contribution in [3.8, 4) is 0 Å². The van der Waals surface area contributed by atoms with Gasteiger partial charge >= 0.3 is 0 Å². The van der Waals surface area contributed by atoms with Crippen molar-refractivity contribution in [3.05, 3.63) is 24.3 Å². The molecule has 1 aliphatic heterocycles. The highest BCUT2D eigenvalue weighted by Crippen LogP contribution is 2.22. The van der Waals surface area contributed by atoms with Crippen molar-refractivity contribution in [2.24, 2.45) is 0 Å². The quantitative estimate of drug-likeness (QED) is 0.848. The van der Waals surface area contributed by atoms with Crippen molar-refractivity contribution in [1.29, 1.82) is 0 Å². The van der Waals surface area contributed by atoms with Crippen LogP contribution in [0.5, 0.6) is 0 Å². The molecule has 0 bridgehead atoms. The molecule has 4 nitrogen and oxygen atoms in total. The molecule has 2 atom stereocenters. The fourth-order valence-electron chi connectivity index (χ4n) is 2.28. The van der Waals surface area contributed by atoms with Crippen LogP contribution in [-0.2, 0) is 4.74 Å². The lowest BCUT2D eigenvalue weighted by Gasteiger charge is -2.37. The number of para-hydroxylation sites is 2. The van der Waals surface area contributed by atoms with Gasteiger partial charge in [0.05, 0.1) is 35.7 Å². The third-order valence-corrected chi connectivity index (χ3v) is 3.67. The van der Waals surface area contributed by atoms with Gasteiger partial charge in [0.25, 0.3) is 0 Å². The third-order valence-electron chi connectivity index (χ3n) is 3.33. The number of H-pyrrole nitrogens is 1. The van der Waals surface area contributed by atoms with Crippen LogP contribution in [0.2, 0.25) is 0 Å². The fourth-order valence-corrected chi connectivity index (χ4v) is 2.47.